The van der Waals surface area contributed by atoms with E-state index >= 15 is 0 Å². The van der Waals surface area contributed by atoms with Crippen LogP contribution in [-0.4, -0.2) is 25.5 Å². The van der Waals surface area contributed by atoms with Crippen molar-refractivity contribution in [1.82, 2.24) is 19.6 Å². The molecule has 3 aromatic heterocycles. The Bertz CT molecular complexity index is 1240. The Morgan fingerprint density at radius 2 is 1.97 bits per heavy atom. The van der Waals surface area contributed by atoms with Gasteiger partial charge in [-0.1, -0.05) is 35.6 Å². The van der Waals surface area contributed by atoms with Crippen molar-refractivity contribution >= 4 is 28.0 Å². The smallest absolute Gasteiger partial charge is 0.270 e. The molecule has 1 aromatic carbocycles. The minimum Gasteiger partial charge on any atom is -0.483 e. The van der Waals surface area contributed by atoms with Gasteiger partial charge in [0.15, 0.2) is 5.01 Å². The molecule has 0 radical (unpaired) electrons. The third-order valence-corrected chi connectivity index (χ3v) is 5.24. The van der Waals surface area contributed by atoms with Gasteiger partial charge in [0.2, 0.25) is 5.13 Å². The second-order valence-corrected chi connectivity index (χ2v) is 7.34. The number of carbonyl (C=O) groups is 1. The van der Waals surface area contributed by atoms with Crippen LogP contribution in [0.1, 0.15) is 34.0 Å². The van der Waals surface area contributed by atoms with Crippen LogP contribution in [0.3, 0.4) is 0 Å². The highest BCUT2D eigenvalue weighted by Crippen LogP contribution is 2.26. The summed E-state index contributed by atoms with van der Waals surface area (Å²) < 4.78 is 7.17. The number of rotatable bonds is 5. The Morgan fingerprint density at radius 1 is 1.17 bits per heavy atom. The van der Waals surface area contributed by atoms with Gasteiger partial charge in [-0.15, -0.1) is 10.2 Å². The van der Waals surface area contributed by atoms with Gasteiger partial charge in [-0.05, 0) is 37.6 Å². The van der Waals surface area contributed by atoms with E-state index in [2.05, 4.69) is 20.5 Å². The fourth-order valence-electron chi connectivity index (χ4n) is 2.77. The zero-order chi connectivity index (χ0) is 20.4. The van der Waals surface area contributed by atoms with E-state index < -0.39 is 11.5 Å². The number of nitrogens with one attached hydrogen (secondary N) is 1. The molecule has 0 aliphatic rings. The normalized spacial score (nSPS) is 11.9. The number of hydrogen-bond donors (Lipinski definition) is 1. The van der Waals surface area contributed by atoms with Crippen molar-refractivity contribution in [2.75, 3.05) is 5.32 Å². The Hall–Kier alpha value is -3.59. The van der Waals surface area contributed by atoms with Gasteiger partial charge in [0.25, 0.3) is 11.5 Å². The number of pyridine rings is 1. The number of fused-ring (bicyclic) bond motifs is 1. The van der Waals surface area contributed by atoms with Gasteiger partial charge < -0.3 is 4.74 Å². The van der Waals surface area contributed by atoms with Gasteiger partial charge in [-0.3, -0.25) is 19.3 Å². The summed E-state index contributed by atoms with van der Waals surface area (Å²) in [6.45, 7) is 3.70. The van der Waals surface area contributed by atoms with Crippen molar-refractivity contribution in [2.45, 2.75) is 20.0 Å². The first-order valence-corrected chi connectivity index (χ1v) is 9.68. The van der Waals surface area contributed by atoms with Crippen LogP contribution in [0.2, 0.25) is 0 Å². The minimum atomic E-state index is -0.585. The predicted octanol–water partition coefficient (Wildman–Crippen LogP) is 3.25. The molecule has 8 nitrogen and oxygen atoms in total. The molecule has 0 aliphatic heterocycles. The zero-order valence-corrected chi connectivity index (χ0v) is 16.5. The molecular weight excluding hydrogens is 390 g/mol. The van der Waals surface area contributed by atoms with E-state index in [0.717, 1.165) is 5.56 Å². The molecule has 0 aliphatic carbocycles. The van der Waals surface area contributed by atoms with Gasteiger partial charge in [-0.2, -0.15) is 0 Å². The van der Waals surface area contributed by atoms with Crippen LogP contribution in [0.15, 0.2) is 59.7 Å². The summed E-state index contributed by atoms with van der Waals surface area (Å²) in [4.78, 5) is 29.4. The maximum Gasteiger partial charge on any atom is 0.270 e. The Labute approximate surface area is 169 Å². The molecule has 0 saturated heterocycles. The number of benzene rings is 1. The van der Waals surface area contributed by atoms with Gasteiger partial charge in [-0.25, -0.2) is 4.98 Å². The summed E-state index contributed by atoms with van der Waals surface area (Å²) >= 11 is 1.19. The molecule has 29 heavy (non-hydrogen) atoms. The number of hydrogen-bond acceptors (Lipinski definition) is 7. The number of aromatic nitrogens is 4. The Balaban J connectivity index is 1.52. The molecular formula is C20H17N5O3S. The van der Waals surface area contributed by atoms with E-state index in [-0.39, 0.29) is 16.8 Å². The van der Waals surface area contributed by atoms with E-state index in [1.165, 1.54) is 21.9 Å². The fourth-order valence-corrected chi connectivity index (χ4v) is 3.49. The standard InChI is InChI=1S/C20H17N5O3S/c1-12-7-6-10-25-16(12)21-11-15(19(25)27)17(26)22-20-24-23-18(29-20)13(2)28-14-8-4-3-5-9-14/h3-11,13H,1-2H3,(H,22,24,26)/t13-/m0/s1. The summed E-state index contributed by atoms with van der Waals surface area (Å²) in [6, 6.07) is 12.9. The molecule has 4 rings (SSSR count). The lowest BCUT2D eigenvalue weighted by molar-refractivity contribution is 0.102. The molecule has 1 amide bonds. The molecule has 9 heteroatoms. The van der Waals surface area contributed by atoms with E-state index in [1.807, 2.05) is 50.2 Å². The van der Waals surface area contributed by atoms with Gasteiger partial charge in [0.1, 0.15) is 23.1 Å². The number of carbonyl (C=O) groups excluding carboxylic acids is 1. The molecule has 0 fully saturated rings. The Kier molecular flexibility index (Phi) is 5.05. The maximum atomic E-state index is 12.6. The second kappa shape index (κ2) is 7.80. The largest absolute Gasteiger partial charge is 0.483 e. The zero-order valence-electron chi connectivity index (χ0n) is 15.7. The maximum absolute atomic E-state index is 12.6. The monoisotopic (exact) mass is 407 g/mol. The summed E-state index contributed by atoms with van der Waals surface area (Å²) in [5.74, 6) is 0.129. The van der Waals surface area contributed by atoms with Crippen molar-refractivity contribution in [1.29, 1.82) is 0 Å². The molecule has 146 valence electrons. The number of ether oxygens (including phenoxy) is 1. The fraction of sp³-hybridized carbons (Fsp3) is 0.150. The van der Waals surface area contributed by atoms with Crippen LogP contribution < -0.4 is 15.6 Å². The average molecular weight is 407 g/mol. The molecule has 3 heterocycles. The first kappa shape index (κ1) is 18.8. The average Bonchev–Trinajstić information content (AvgIpc) is 3.18. The van der Waals surface area contributed by atoms with Crippen LogP contribution in [0.5, 0.6) is 5.75 Å². The van der Waals surface area contributed by atoms with Crippen LogP contribution in [-0.2, 0) is 0 Å². The molecule has 0 unspecified atom stereocenters. The summed E-state index contributed by atoms with van der Waals surface area (Å²) in [5.41, 5.74) is 0.844. The van der Waals surface area contributed by atoms with Crippen molar-refractivity contribution in [2.24, 2.45) is 0 Å². The lowest BCUT2D eigenvalue weighted by atomic mass is 10.2. The number of nitrogens with zero attached hydrogens (tertiary/aromatic N) is 4. The molecule has 0 spiro atoms. The number of aryl methyl sites for hydroxylation is 1. The topological polar surface area (TPSA) is 98.5 Å². The van der Waals surface area contributed by atoms with Gasteiger partial charge >= 0.3 is 0 Å². The van der Waals surface area contributed by atoms with Crippen molar-refractivity contribution < 1.29 is 9.53 Å². The van der Waals surface area contributed by atoms with Crippen LogP contribution in [0.25, 0.3) is 5.65 Å². The highest BCUT2D eigenvalue weighted by molar-refractivity contribution is 7.15. The SMILES string of the molecule is Cc1cccn2c(=O)c(C(=O)Nc3nnc([C@H](C)Oc4ccccc4)s3)cnc12. The Morgan fingerprint density at radius 3 is 2.76 bits per heavy atom. The molecule has 0 bridgehead atoms. The number of amides is 1. The van der Waals surface area contributed by atoms with Crippen LogP contribution in [0.4, 0.5) is 5.13 Å². The summed E-state index contributed by atoms with van der Waals surface area (Å²) in [5, 5.41) is 11.5. The van der Waals surface area contributed by atoms with E-state index in [1.54, 1.807) is 12.3 Å². The van der Waals surface area contributed by atoms with Crippen molar-refractivity contribution in [3.05, 3.63) is 81.3 Å². The third kappa shape index (κ3) is 3.85. The molecule has 1 N–H and O–H groups in total. The highest BCUT2D eigenvalue weighted by Gasteiger charge is 2.18. The van der Waals surface area contributed by atoms with E-state index in [0.29, 0.717) is 16.4 Å². The predicted molar refractivity (Wildman–Crippen MR) is 110 cm³/mol. The second-order valence-electron chi connectivity index (χ2n) is 6.33. The quantitative estimate of drug-likeness (QED) is 0.545. The molecule has 4 aromatic rings. The van der Waals surface area contributed by atoms with E-state index in [4.69, 9.17) is 4.74 Å². The highest BCUT2D eigenvalue weighted by atomic mass is 32.1. The first-order chi connectivity index (χ1) is 14.0. The van der Waals surface area contributed by atoms with Crippen LogP contribution >= 0.6 is 11.3 Å². The first-order valence-electron chi connectivity index (χ1n) is 8.86. The van der Waals surface area contributed by atoms with Gasteiger partial charge in [0, 0.05) is 12.4 Å². The van der Waals surface area contributed by atoms with E-state index in [9.17, 15) is 9.59 Å². The summed E-state index contributed by atoms with van der Waals surface area (Å²) in [7, 11) is 0. The number of para-hydroxylation sites is 1. The number of anilines is 1. The third-order valence-electron chi connectivity index (χ3n) is 4.24. The minimum absolute atomic E-state index is 0.0709. The van der Waals surface area contributed by atoms with Crippen molar-refractivity contribution in [3.8, 4) is 5.75 Å². The van der Waals surface area contributed by atoms with Crippen LogP contribution in [0, 0.1) is 6.92 Å². The molecule has 1 atom stereocenters. The molecule has 0 saturated carbocycles. The van der Waals surface area contributed by atoms with Gasteiger partial charge in [0.05, 0.1) is 0 Å². The lowest BCUT2D eigenvalue weighted by Crippen LogP contribution is -2.26. The van der Waals surface area contributed by atoms with Crippen molar-refractivity contribution in [3.63, 3.8) is 0 Å². The summed E-state index contributed by atoms with van der Waals surface area (Å²) in [6.07, 6.45) is 2.53. The lowest BCUT2D eigenvalue weighted by Gasteiger charge is -2.10.